The van der Waals surface area contributed by atoms with Gasteiger partial charge < -0.3 is 5.32 Å². The molecule has 0 amide bonds. The van der Waals surface area contributed by atoms with E-state index in [0.29, 0.717) is 5.66 Å². The number of nitrogens with zero attached hydrogens (tertiary/aromatic N) is 1. The van der Waals surface area contributed by atoms with Gasteiger partial charge in [0.25, 0.3) is 0 Å². The van der Waals surface area contributed by atoms with Crippen LogP contribution < -0.4 is 10.6 Å². The topological polar surface area (TPSA) is 27.3 Å². The largest absolute Gasteiger partial charge is 0.315 e. The first-order valence-corrected chi connectivity index (χ1v) is 9.63. The summed E-state index contributed by atoms with van der Waals surface area (Å²) < 4.78 is 0. The summed E-state index contributed by atoms with van der Waals surface area (Å²) in [6.07, 6.45) is 15.7. The van der Waals surface area contributed by atoms with E-state index in [4.69, 9.17) is 0 Å². The van der Waals surface area contributed by atoms with E-state index in [1.54, 1.807) is 0 Å². The highest BCUT2D eigenvalue weighted by molar-refractivity contribution is 4.97. The summed E-state index contributed by atoms with van der Waals surface area (Å²) in [5, 5.41) is 7.64. The molecule has 3 aliphatic rings. The Hall–Kier alpha value is -0.120. The number of hydrogen-bond acceptors (Lipinski definition) is 3. The van der Waals surface area contributed by atoms with Crippen LogP contribution in [-0.4, -0.2) is 43.3 Å². The fourth-order valence-corrected chi connectivity index (χ4v) is 4.97. The van der Waals surface area contributed by atoms with E-state index in [-0.39, 0.29) is 0 Å². The van der Waals surface area contributed by atoms with E-state index < -0.39 is 0 Å². The summed E-state index contributed by atoms with van der Waals surface area (Å²) in [6.45, 7) is 6.15. The zero-order valence-electron chi connectivity index (χ0n) is 13.8. The Balaban J connectivity index is 1.76. The smallest absolute Gasteiger partial charge is 0.0741 e. The summed E-state index contributed by atoms with van der Waals surface area (Å²) in [5.41, 5.74) is 0.335. The van der Waals surface area contributed by atoms with Crippen molar-refractivity contribution in [1.29, 1.82) is 0 Å². The normalized spacial score (nSPS) is 34.9. The van der Waals surface area contributed by atoms with Gasteiger partial charge in [-0.05, 0) is 57.5 Å². The number of hydrogen-bond donors (Lipinski definition) is 2. The van der Waals surface area contributed by atoms with Gasteiger partial charge in [0.15, 0.2) is 0 Å². The van der Waals surface area contributed by atoms with Crippen LogP contribution in [0.25, 0.3) is 0 Å². The first-order valence-electron chi connectivity index (χ1n) is 9.63. The molecule has 0 aromatic rings. The van der Waals surface area contributed by atoms with E-state index in [0.717, 1.165) is 5.92 Å². The molecule has 2 heterocycles. The summed E-state index contributed by atoms with van der Waals surface area (Å²) in [7, 11) is 0. The molecule has 2 aliphatic heterocycles. The number of nitrogens with one attached hydrogen (secondary N) is 2. The molecule has 1 saturated carbocycles. The maximum atomic E-state index is 4.05. The first kappa shape index (κ1) is 15.8. The maximum Gasteiger partial charge on any atom is 0.0741 e. The van der Waals surface area contributed by atoms with Crippen molar-refractivity contribution in [2.75, 3.05) is 32.7 Å². The monoisotopic (exact) mass is 293 g/mol. The second-order valence-electron chi connectivity index (χ2n) is 7.44. The molecule has 0 radical (unpaired) electrons. The molecule has 1 aliphatic carbocycles. The molecule has 122 valence electrons. The average Bonchev–Trinajstić information content (AvgIpc) is 2.77. The van der Waals surface area contributed by atoms with E-state index >= 15 is 0 Å². The Bertz CT molecular complexity index is 283. The standard InChI is InChI=1S/C18H35N3/c1-2-4-9-17(10-5-3-1)18(11-6-7-13-20-18)21-15-8-12-19-14-16-21/h17,19-20H,1-16H2. The maximum absolute atomic E-state index is 4.05. The molecular formula is C18H35N3. The third-order valence-corrected chi connectivity index (χ3v) is 6.10. The summed E-state index contributed by atoms with van der Waals surface area (Å²) in [4.78, 5) is 2.85. The third kappa shape index (κ3) is 3.80. The van der Waals surface area contributed by atoms with E-state index in [9.17, 15) is 0 Å². The van der Waals surface area contributed by atoms with E-state index in [1.165, 1.54) is 103 Å². The molecule has 3 nitrogen and oxygen atoms in total. The predicted octanol–water partition coefficient (Wildman–Crippen LogP) is 3.11. The molecule has 3 rings (SSSR count). The second kappa shape index (κ2) is 7.94. The Kier molecular flexibility index (Phi) is 5.96. The molecule has 3 heteroatoms. The van der Waals surface area contributed by atoms with E-state index in [2.05, 4.69) is 15.5 Å². The lowest BCUT2D eigenvalue weighted by molar-refractivity contribution is -0.0271. The van der Waals surface area contributed by atoms with Gasteiger partial charge in [0.2, 0.25) is 0 Å². The molecular weight excluding hydrogens is 258 g/mol. The minimum absolute atomic E-state index is 0.335. The molecule has 0 spiro atoms. The fraction of sp³-hybridized carbons (Fsp3) is 1.00. The van der Waals surface area contributed by atoms with Crippen LogP contribution >= 0.6 is 0 Å². The van der Waals surface area contributed by atoms with Gasteiger partial charge in [0, 0.05) is 19.6 Å². The van der Waals surface area contributed by atoms with Gasteiger partial charge in [-0.3, -0.25) is 10.2 Å². The highest BCUT2D eigenvalue weighted by Crippen LogP contribution is 2.38. The van der Waals surface area contributed by atoms with Crippen molar-refractivity contribution in [3.8, 4) is 0 Å². The van der Waals surface area contributed by atoms with Crippen molar-refractivity contribution in [3.05, 3.63) is 0 Å². The molecule has 2 saturated heterocycles. The summed E-state index contributed by atoms with van der Waals surface area (Å²) in [6, 6.07) is 0. The second-order valence-corrected chi connectivity index (χ2v) is 7.44. The van der Waals surface area contributed by atoms with Crippen molar-refractivity contribution in [2.45, 2.75) is 76.3 Å². The molecule has 21 heavy (non-hydrogen) atoms. The minimum Gasteiger partial charge on any atom is -0.315 e. The molecule has 0 bridgehead atoms. The molecule has 0 aromatic heterocycles. The highest BCUT2D eigenvalue weighted by Gasteiger charge is 2.43. The van der Waals surface area contributed by atoms with Gasteiger partial charge in [-0.2, -0.15) is 0 Å². The fourth-order valence-electron chi connectivity index (χ4n) is 4.97. The molecule has 0 aromatic carbocycles. The lowest BCUT2D eigenvalue weighted by Gasteiger charge is -2.52. The molecule has 3 fully saturated rings. The highest BCUT2D eigenvalue weighted by atomic mass is 15.3. The Morgan fingerprint density at radius 3 is 2.29 bits per heavy atom. The van der Waals surface area contributed by atoms with Crippen molar-refractivity contribution >= 4 is 0 Å². The summed E-state index contributed by atoms with van der Waals surface area (Å²) in [5.74, 6) is 0.885. The van der Waals surface area contributed by atoms with Gasteiger partial charge in [-0.25, -0.2) is 0 Å². The van der Waals surface area contributed by atoms with Crippen LogP contribution in [0.3, 0.4) is 0 Å². The lowest BCUT2D eigenvalue weighted by Crippen LogP contribution is -2.65. The van der Waals surface area contributed by atoms with Crippen LogP contribution in [-0.2, 0) is 0 Å². The predicted molar refractivity (Wildman–Crippen MR) is 89.5 cm³/mol. The third-order valence-electron chi connectivity index (χ3n) is 6.10. The zero-order valence-corrected chi connectivity index (χ0v) is 13.8. The van der Waals surface area contributed by atoms with Gasteiger partial charge >= 0.3 is 0 Å². The van der Waals surface area contributed by atoms with Crippen molar-refractivity contribution < 1.29 is 0 Å². The van der Waals surface area contributed by atoms with Crippen molar-refractivity contribution in [3.63, 3.8) is 0 Å². The number of rotatable bonds is 2. The lowest BCUT2D eigenvalue weighted by atomic mass is 9.76. The van der Waals surface area contributed by atoms with Gasteiger partial charge in [0.05, 0.1) is 5.66 Å². The average molecular weight is 293 g/mol. The van der Waals surface area contributed by atoms with Crippen LogP contribution in [0.5, 0.6) is 0 Å². The van der Waals surface area contributed by atoms with Crippen molar-refractivity contribution in [1.82, 2.24) is 15.5 Å². The van der Waals surface area contributed by atoms with Crippen molar-refractivity contribution in [2.24, 2.45) is 5.92 Å². The van der Waals surface area contributed by atoms with E-state index in [1.807, 2.05) is 0 Å². The SMILES string of the molecule is C1CCCC(C2(N3CCCNCC3)CCCCN2)CCC1. The van der Waals surface area contributed by atoms with Gasteiger partial charge in [-0.15, -0.1) is 0 Å². The van der Waals surface area contributed by atoms with Crippen LogP contribution in [0.15, 0.2) is 0 Å². The van der Waals surface area contributed by atoms with Crippen LogP contribution in [0.2, 0.25) is 0 Å². The van der Waals surface area contributed by atoms with Crippen LogP contribution in [0, 0.1) is 5.92 Å². The Morgan fingerprint density at radius 2 is 1.52 bits per heavy atom. The Morgan fingerprint density at radius 1 is 0.714 bits per heavy atom. The molecule has 1 atom stereocenters. The van der Waals surface area contributed by atoms with Gasteiger partial charge in [0.1, 0.15) is 0 Å². The van der Waals surface area contributed by atoms with Crippen LogP contribution in [0.4, 0.5) is 0 Å². The number of piperidine rings is 1. The first-order chi connectivity index (χ1) is 10.4. The Labute approximate surface area is 131 Å². The molecule has 2 N–H and O–H groups in total. The van der Waals surface area contributed by atoms with Gasteiger partial charge in [-0.1, -0.05) is 32.1 Å². The quantitative estimate of drug-likeness (QED) is 0.819. The summed E-state index contributed by atoms with van der Waals surface area (Å²) >= 11 is 0. The molecule has 1 unspecified atom stereocenters. The zero-order chi connectivity index (χ0) is 14.4. The van der Waals surface area contributed by atoms with Crippen LogP contribution in [0.1, 0.15) is 70.6 Å². The minimum atomic E-state index is 0.335.